The van der Waals surface area contributed by atoms with Gasteiger partial charge in [0, 0.05) is 38.1 Å². The van der Waals surface area contributed by atoms with E-state index in [0.29, 0.717) is 24.0 Å². The van der Waals surface area contributed by atoms with Crippen LogP contribution < -0.4 is 10.2 Å². The van der Waals surface area contributed by atoms with Gasteiger partial charge in [-0.15, -0.1) is 0 Å². The van der Waals surface area contributed by atoms with Crippen LogP contribution in [0.1, 0.15) is 5.56 Å². The van der Waals surface area contributed by atoms with Crippen LogP contribution >= 0.6 is 0 Å². The molecule has 0 radical (unpaired) electrons. The van der Waals surface area contributed by atoms with Crippen LogP contribution in [0, 0.1) is 0 Å². The van der Waals surface area contributed by atoms with Crippen LogP contribution in [0.4, 0.5) is 0 Å². The normalized spacial score (nSPS) is 14.9. The molecule has 1 amide bonds. The Balaban J connectivity index is 1.36. The molecule has 0 spiro atoms. The van der Waals surface area contributed by atoms with Gasteiger partial charge in [0.15, 0.2) is 0 Å². The molecule has 0 aliphatic carbocycles. The molecule has 1 fully saturated rings. The van der Waals surface area contributed by atoms with Crippen LogP contribution in [0.25, 0.3) is 10.9 Å². The fraction of sp³-hybridized carbons (Fsp3) is 0.318. The van der Waals surface area contributed by atoms with E-state index < -0.39 is 0 Å². The first kappa shape index (κ1) is 19.1. The maximum absolute atomic E-state index is 12.8. The lowest BCUT2D eigenvalue weighted by Crippen LogP contribution is -2.49. The first-order valence-corrected chi connectivity index (χ1v) is 9.72. The third kappa shape index (κ3) is 4.30. The molecular weight excluding hydrogens is 368 g/mol. The minimum Gasteiger partial charge on any atom is -0.497 e. The zero-order chi connectivity index (χ0) is 20.2. The van der Waals surface area contributed by atoms with Crippen LogP contribution in [0.2, 0.25) is 0 Å². The number of carbonyl (C=O) groups is 1. The van der Waals surface area contributed by atoms with Crippen molar-refractivity contribution < 1.29 is 9.53 Å². The van der Waals surface area contributed by atoms with Crippen molar-refractivity contribution in [2.45, 2.75) is 13.1 Å². The zero-order valence-electron chi connectivity index (χ0n) is 16.5. The summed E-state index contributed by atoms with van der Waals surface area (Å²) in [4.78, 5) is 29.0. The largest absolute Gasteiger partial charge is 0.497 e. The molecule has 2 heterocycles. The number of methoxy groups -OCH3 is 1. The van der Waals surface area contributed by atoms with Gasteiger partial charge < -0.3 is 9.64 Å². The van der Waals surface area contributed by atoms with Crippen LogP contribution in [0.15, 0.2) is 59.5 Å². The zero-order valence-corrected chi connectivity index (χ0v) is 16.5. The number of amides is 1. The second kappa shape index (κ2) is 8.45. The Hall–Kier alpha value is -3.19. The number of hydrogen-bond acceptors (Lipinski definition) is 5. The molecule has 1 aliphatic heterocycles. The molecule has 0 atom stereocenters. The highest BCUT2D eigenvalue weighted by Crippen LogP contribution is 2.15. The lowest BCUT2D eigenvalue weighted by atomic mass is 10.2. The number of nitrogens with zero attached hydrogens (tertiary/aromatic N) is 4. The number of benzene rings is 2. The van der Waals surface area contributed by atoms with Crippen molar-refractivity contribution in [1.82, 2.24) is 19.6 Å². The summed E-state index contributed by atoms with van der Waals surface area (Å²) in [6.07, 6.45) is 1.28. The van der Waals surface area contributed by atoms with Crippen molar-refractivity contribution in [2.24, 2.45) is 0 Å². The Morgan fingerprint density at radius 3 is 2.48 bits per heavy atom. The number of hydrogen-bond donors (Lipinski definition) is 0. The summed E-state index contributed by atoms with van der Waals surface area (Å²) in [5.41, 5.74) is 1.79. The van der Waals surface area contributed by atoms with Gasteiger partial charge in [0.1, 0.15) is 12.3 Å². The van der Waals surface area contributed by atoms with E-state index in [1.165, 1.54) is 11.8 Å². The van der Waals surface area contributed by atoms with Gasteiger partial charge in [-0.05, 0) is 29.8 Å². The van der Waals surface area contributed by atoms with Gasteiger partial charge in [0.2, 0.25) is 11.3 Å². The number of ether oxygens (including phenoxy) is 1. The molecule has 7 nitrogen and oxygen atoms in total. The molecule has 7 heteroatoms. The van der Waals surface area contributed by atoms with E-state index in [-0.39, 0.29) is 17.9 Å². The Morgan fingerprint density at radius 2 is 1.76 bits per heavy atom. The second-order valence-electron chi connectivity index (χ2n) is 7.19. The highest BCUT2D eigenvalue weighted by molar-refractivity contribution is 5.81. The van der Waals surface area contributed by atoms with Crippen molar-refractivity contribution >= 4 is 16.8 Å². The van der Waals surface area contributed by atoms with E-state index in [2.05, 4.69) is 22.1 Å². The Morgan fingerprint density at radius 1 is 1.03 bits per heavy atom. The number of fused-ring (bicyclic) bond motifs is 1. The van der Waals surface area contributed by atoms with Gasteiger partial charge in [-0.3, -0.25) is 19.2 Å². The maximum Gasteiger partial charge on any atom is 0.244 e. The summed E-state index contributed by atoms with van der Waals surface area (Å²) in [6, 6.07) is 15.3. The molecule has 0 saturated carbocycles. The maximum atomic E-state index is 12.8. The number of carbonyl (C=O) groups excluding carboxylic acids is 1. The van der Waals surface area contributed by atoms with E-state index in [1.807, 2.05) is 35.2 Å². The molecule has 3 aromatic rings. The summed E-state index contributed by atoms with van der Waals surface area (Å²) < 4.78 is 6.81. The molecule has 0 unspecified atom stereocenters. The number of rotatable bonds is 5. The first-order chi connectivity index (χ1) is 14.1. The van der Waals surface area contributed by atoms with Gasteiger partial charge in [-0.25, -0.2) is 0 Å². The molecule has 1 aromatic heterocycles. The average molecular weight is 392 g/mol. The van der Waals surface area contributed by atoms with Crippen molar-refractivity contribution in [2.75, 3.05) is 33.3 Å². The number of aromatic nitrogens is 2. The molecule has 0 N–H and O–H groups in total. The summed E-state index contributed by atoms with van der Waals surface area (Å²) in [5.74, 6) is 0.878. The van der Waals surface area contributed by atoms with Gasteiger partial charge in [0.05, 0.1) is 18.8 Å². The second-order valence-corrected chi connectivity index (χ2v) is 7.19. The lowest BCUT2D eigenvalue weighted by Gasteiger charge is -2.35. The molecule has 4 rings (SSSR count). The topological polar surface area (TPSA) is 67.7 Å². The van der Waals surface area contributed by atoms with Crippen molar-refractivity contribution in [3.05, 3.63) is 70.5 Å². The molecule has 0 bridgehead atoms. The fourth-order valence-corrected chi connectivity index (χ4v) is 3.66. The van der Waals surface area contributed by atoms with Gasteiger partial charge in [-0.1, -0.05) is 24.3 Å². The Bertz CT molecular complexity index is 1050. The van der Waals surface area contributed by atoms with Crippen molar-refractivity contribution in [3.63, 3.8) is 0 Å². The number of piperazine rings is 1. The van der Waals surface area contributed by atoms with E-state index in [4.69, 9.17) is 4.74 Å². The van der Waals surface area contributed by atoms with Crippen LogP contribution in [0.5, 0.6) is 5.75 Å². The third-order valence-electron chi connectivity index (χ3n) is 5.34. The van der Waals surface area contributed by atoms with Gasteiger partial charge >= 0.3 is 0 Å². The minimum absolute atomic E-state index is 0.0235. The average Bonchev–Trinajstić information content (AvgIpc) is 2.77. The third-order valence-corrected chi connectivity index (χ3v) is 5.34. The van der Waals surface area contributed by atoms with Crippen molar-refractivity contribution in [3.8, 4) is 5.75 Å². The van der Waals surface area contributed by atoms with Crippen molar-refractivity contribution in [1.29, 1.82) is 0 Å². The van der Waals surface area contributed by atoms with E-state index in [1.54, 1.807) is 17.9 Å². The molecule has 2 aromatic carbocycles. The van der Waals surface area contributed by atoms with E-state index >= 15 is 0 Å². The molecular formula is C22H24N4O3. The smallest absolute Gasteiger partial charge is 0.244 e. The van der Waals surface area contributed by atoms with Crippen LogP contribution in [-0.4, -0.2) is 58.8 Å². The first-order valence-electron chi connectivity index (χ1n) is 9.72. The van der Waals surface area contributed by atoms with Crippen LogP contribution in [-0.2, 0) is 17.9 Å². The Kier molecular flexibility index (Phi) is 5.57. The van der Waals surface area contributed by atoms with Crippen LogP contribution in [0.3, 0.4) is 0 Å². The predicted octanol–water partition coefficient (Wildman–Crippen LogP) is 1.75. The lowest BCUT2D eigenvalue weighted by molar-refractivity contribution is -0.133. The SMILES string of the molecule is COc1ccc(CN2CCN(C(=O)Cn3ncc(=O)c4ccccc43)CC2)cc1. The highest BCUT2D eigenvalue weighted by atomic mass is 16.5. The number of para-hydroxylation sites is 1. The van der Waals surface area contributed by atoms with E-state index in [9.17, 15) is 9.59 Å². The summed E-state index contributed by atoms with van der Waals surface area (Å²) in [5, 5.41) is 4.75. The van der Waals surface area contributed by atoms with Gasteiger partial charge in [0.25, 0.3) is 0 Å². The fourth-order valence-electron chi connectivity index (χ4n) is 3.66. The van der Waals surface area contributed by atoms with Gasteiger partial charge in [-0.2, -0.15) is 5.10 Å². The summed E-state index contributed by atoms with van der Waals surface area (Å²) in [6.45, 7) is 4.03. The molecule has 1 aliphatic rings. The Labute approximate surface area is 169 Å². The highest BCUT2D eigenvalue weighted by Gasteiger charge is 2.22. The quantitative estimate of drug-likeness (QED) is 0.662. The summed E-state index contributed by atoms with van der Waals surface area (Å²) >= 11 is 0. The molecule has 1 saturated heterocycles. The minimum atomic E-state index is -0.128. The monoisotopic (exact) mass is 392 g/mol. The molecule has 29 heavy (non-hydrogen) atoms. The standard InChI is InChI=1S/C22H24N4O3/c1-29-18-8-6-17(7-9-18)15-24-10-12-25(13-11-24)22(28)16-26-20-5-3-2-4-19(20)21(27)14-23-26/h2-9,14H,10-13,15-16H2,1H3. The summed E-state index contributed by atoms with van der Waals surface area (Å²) in [7, 11) is 1.66. The predicted molar refractivity (Wildman–Crippen MR) is 111 cm³/mol. The molecule has 150 valence electrons. The van der Waals surface area contributed by atoms with E-state index in [0.717, 1.165) is 25.4 Å².